The van der Waals surface area contributed by atoms with Gasteiger partial charge in [0, 0.05) is 6.07 Å². The van der Waals surface area contributed by atoms with Crippen LogP contribution in [0.5, 0.6) is 5.88 Å². The Balaban J connectivity index is 2.61. The second-order valence-corrected chi connectivity index (χ2v) is 3.57. The summed E-state index contributed by atoms with van der Waals surface area (Å²) in [4.78, 5) is 10.2. The molecule has 0 radical (unpaired) electrons. The molecule has 0 aromatic carbocycles. The van der Waals surface area contributed by atoms with Crippen LogP contribution in [0.25, 0.3) is 0 Å². The zero-order chi connectivity index (χ0) is 12.0. The smallest absolute Gasteiger partial charge is 0.254 e. The van der Waals surface area contributed by atoms with Crippen molar-refractivity contribution >= 4 is 0 Å². The van der Waals surface area contributed by atoms with Crippen molar-refractivity contribution in [1.82, 2.24) is 10.8 Å². The maximum atomic E-state index is 5.33. The van der Waals surface area contributed by atoms with Crippen molar-refractivity contribution in [2.24, 2.45) is 5.92 Å². The molecule has 0 spiro atoms. The lowest BCUT2D eigenvalue weighted by molar-refractivity contribution is -0.211. The quantitative estimate of drug-likeness (QED) is 0.569. The second-order valence-electron chi connectivity index (χ2n) is 3.57. The van der Waals surface area contributed by atoms with Crippen molar-refractivity contribution in [1.29, 1.82) is 0 Å². The summed E-state index contributed by atoms with van der Waals surface area (Å²) in [6, 6.07) is 1.69. The SMILES string of the molecule is CCONOC(c1cc(OC)no1)C(C)C. The Kier molecular flexibility index (Phi) is 5.24. The fourth-order valence-corrected chi connectivity index (χ4v) is 1.17. The lowest BCUT2D eigenvalue weighted by Crippen LogP contribution is -2.22. The molecule has 0 aliphatic rings. The highest BCUT2D eigenvalue weighted by atomic mass is 16.9. The molecule has 6 heteroatoms. The van der Waals surface area contributed by atoms with Crippen LogP contribution in [0.1, 0.15) is 32.6 Å². The molecule has 92 valence electrons. The summed E-state index contributed by atoms with van der Waals surface area (Å²) in [7, 11) is 1.53. The van der Waals surface area contributed by atoms with Crippen LogP contribution < -0.4 is 10.4 Å². The van der Waals surface area contributed by atoms with Crippen LogP contribution in [-0.4, -0.2) is 18.9 Å². The maximum Gasteiger partial charge on any atom is 0.254 e. The fourth-order valence-electron chi connectivity index (χ4n) is 1.17. The van der Waals surface area contributed by atoms with Crippen LogP contribution in [0.15, 0.2) is 10.6 Å². The van der Waals surface area contributed by atoms with Crippen molar-refractivity contribution in [3.8, 4) is 5.88 Å². The van der Waals surface area contributed by atoms with E-state index in [0.717, 1.165) is 0 Å². The van der Waals surface area contributed by atoms with Crippen molar-refractivity contribution in [2.75, 3.05) is 13.7 Å². The summed E-state index contributed by atoms with van der Waals surface area (Å²) in [6.07, 6.45) is -0.275. The zero-order valence-electron chi connectivity index (χ0n) is 10.0. The van der Waals surface area contributed by atoms with Gasteiger partial charge in [-0.3, -0.25) is 9.68 Å². The highest BCUT2D eigenvalue weighted by molar-refractivity contribution is 5.13. The molecule has 0 saturated heterocycles. The van der Waals surface area contributed by atoms with Gasteiger partial charge in [-0.25, -0.2) is 0 Å². The van der Waals surface area contributed by atoms with Gasteiger partial charge in [0.05, 0.1) is 13.7 Å². The van der Waals surface area contributed by atoms with Crippen LogP contribution in [0.4, 0.5) is 0 Å². The number of aromatic nitrogens is 1. The molecule has 1 unspecified atom stereocenters. The Morgan fingerprint density at radius 2 is 2.25 bits per heavy atom. The Morgan fingerprint density at radius 1 is 1.50 bits per heavy atom. The molecule has 1 aromatic heterocycles. The van der Waals surface area contributed by atoms with Gasteiger partial charge in [-0.1, -0.05) is 19.5 Å². The average Bonchev–Trinajstić information content (AvgIpc) is 2.72. The van der Waals surface area contributed by atoms with Crippen molar-refractivity contribution < 1.29 is 18.9 Å². The first-order chi connectivity index (χ1) is 7.69. The average molecular weight is 230 g/mol. The van der Waals surface area contributed by atoms with Crippen LogP contribution in [-0.2, 0) is 9.68 Å². The van der Waals surface area contributed by atoms with Gasteiger partial charge < -0.3 is 9.26 Å². The van der Waals surface area contributed by atoms with E-state index in [0.29, 0.717) is 18.2 Å². The zero-order valence-corrected chi connectivity index (χ0v) is 10.0. The third-order valence-corrected chi connectivity index (χ3v) is 1.98. The minimum atomic E-state index is -0.275. The third-order valence-electron chi connectivity index (χ3n) is 1.98. The van der Waals surface area contributed by atoms with Crippen LogP contribution >= 0.6 is 0 Å². The molecule has 16 heavy (non-hydrogen) atoms. The lowest BCUT2D eigenvalue weighted by atomic mass is 10.1. The molecule has 1 aromatic rings. The lowest BCUT2D eigenvalue weighted by Gasteiger charge is -2.17. The van der Waals surface area contributed by atoms with E-state index in [4.69, 9.17) is 18.9 Å². The highest BCUT2D eigenvalue weighted by Gasteiger charge is 2.22. The molecule has 0 aliphatic carbocycles. The van der Waals surface area contributed by atoms with Gasteiger partial charge in [0.25, 0.3) is 5.88 Å². The van der Waals surface area contributed by atoms with Gasteiger partial charge in [0.2, 0.25) is 0 Å². The minimum Gasteiger partial charge on any atom is -0.479 e. The van der Waals surface area contributed by atoms with E-state index >= 15 is 0 Å². The Hall–Kier alpha value is -1.11. The summed E-state index contributed by atoms with van der Waals surface area (Å²) in [5.74, 6) is 1.24. The first kappa shape index (κ1) is 13.0. The van der Waals surface area contributed by atoms with Crippen LogP contribution in [0.2, 0.25) is 0 Å². The van der Waals surface area contributed by atoms with Crippen LogP contribution in [0, 0.1) is 5.92 Å². The Morgan fingerprint density at radius 3 is 2.75 bits per heavy atom. The monoisotopic (exact) mass is 230 g/mol. The van der Waals surface area contributed by atoms with E-state index in [9.17, 15) is 0 Å². The van der Waals surface area contributed by atoms with E-state index < -0.39 is 0 Å². The summed E-state index contributed by atoms with van der Waals surface area (Å²) < 4.78 is 10.1. The number of nitrogens with zero attached hydrogens (tertiary/aromatic N) is 1. The largest absolute Gasteiger partial charge is 0.479 e. The first-order valence-corrected chi connectivity index (χ1v) is 5.22. The molecule has 0 fully saturated rings. The Bertz CT molecular complexity index is 301. The molecule has 1 atom stereocenters. The van der Waals surface area contributed by atoms with Crippen molar-refractivity contribution in [3.63, 3.8) is 0 Å². The Labute approximate surface area is 94.7 Å². The summed E-state index contributed by atoms with van der Waals surface area (Å²) in [5, 5.41) is 3.72. The van der Waals surface area contributed by atoms with Gasteiger partial charge in [-0.15, -0.1) is 0 Å². The van der Waals surface area contributed by atoms with E-state index in [-0.39, 0.29) is 12.0 Å². The number of hydrogen-bond donors (Lipinski definition) is 1. The van der Waals surface area contributed by atoms with E-state index in [2.05, 4.69) is 10.8 Å². The van der Waals surface area contributed by atoms with Gasteiger partial charge in [0.15, 0.2) is 5.76 Å². The standard InChI is InChI=1S/C10H18N2O4/c1-5-14-12-16-10(7(2)3)8-6-9(13-4)11-15-8/h6-7,10,12H,5H2,1-4H3. The van der Waals surface area contributed by atoms with Crippen molar-refractivity contribution in [2.45, 2.75) is 26.9 Å². The van der Waals surface area contributed by atoms with E-state index in [1.807, 2.05) is 20.8 Å². The van der Waals surface area contributed by atoms with Gasteiger partial charge in [-0.05, 0) is 18.0 Å². The molecular weight excluding hydrogens is 212 g/mol. The van der Waals surface area contributed by atoms with E-state index in [1.165, 1.54) is 7.11 Å². The molecule has 0 saturated carbocycles. The number of nitrogens with one attached hydrogen (secondary N) is 1. The summed E-state index contributed by atoms with van der Waals surface area (Å²) >= 11 is 0. The third kappa shape index (κ3) is 3.48. The molecule has 1 N–H and O–H groups in total. The molecular formula is C10H18N2O4. The molecule has 6 nitrogen and oxygen atoms in total. The van der Waals surface area contributed by atoms with Crippen LogP contribution in [0.3, 0.4) is 0 Å². The van der Waals surface area contributed by atoms with Gasteiger partial charge in [0.1, 0.15) is 6.10 Å². The topological polar surface area (TPSA) is 65.8 Å². The fraction of sp³-hybridized carbons (Fsp3) is 0.700. The van der Waals surface area contributed by atoms with E-state index in [1.54, 1.807) is 6.07 Å². The normalized spacial score (nSPS) is 13.1. The number of hydrogen-bond acceptors (Lipinski definition) is 6. The van der Waals surface area contributed by atoms with Crippen molar-refractivity contribution in [3.05, 3.63) is 11.8 Å². The predicted octanol–water partition coefficient (Wildman–Crippen LogP) is 1.85. The number of rotatable bonds is 7. The molecule has 1 heterocycles. The van der Waals surface area contributed by atoms with Gasteiger partial charge in [-0.2, -0.15) is 0 Å². The molecule has 0 bridgehead atoms. The molecule has 0 aliphatic heterocycles. The number of ether oxygens (including phenoxy) is 1. The molecule has 1 rings (SSSR count). The maximum absolute atomic E-state index is 5.33. The summed E-state index contributed by atoms with van der Waals surface area (Å²) in [5.41, 5.74) is 2.41. The molecule has 0 amide bonds. The predicted molar refractivity (Wildman–Crippen MR) is 56.5 cm³/mol. The minimum absolute atomic E-state index is 0.214. The summed E-state index contributed by atoms with van der Waals surface area (Å²) in [6.45, 7) is 6.39. The van der Waals surface area contributed by atoms with Gasteiger partial charge >= 0.3 is 0 Å². The first-order valence-electron chi connectivity index (χ1n) is 5.22. The number of methoxy groups -OCH3 is 1. The second kappa shape index (κ2) is 6.47. The highest BCUT2D eigenvalue weighted by Crippen LogP contribution is 2.27.